The standard InChI is InChI=1S/C11H15FN2O/c1-2-13-11(15)14-8-7-9-3-5-10(12)6-4-9/h3-6H,2,7-8H2,1H3,(H2,13,14,15). The number of halogens is 1. The molecule has 0 atom stereocenters. The first-order valence-electron chi connectivity index (χ1n) is 4.98. The first-order chi connectivity index (χ1) is 7.22. The van der Waals surface area contributed by atoms with Gasteiger partial charge >= 0.3 is 6.03 Å². The zero-order valence-electron chi connectivity index (χ0n) is 8.72. The van der Waals surface area contributed by atoms with Gasteiger partial charge in [0.1, 0.15) is 5.82 Å². The van der Waals surface area contributed by atoms with E-state index in [0.29, 0.717) is 19.5 Å². The summed E-state index contributed by atoms with van der Waals surface area (Å²) in [4.78, 5) is 11.0. The maximum atomic E-state index is 12.6. The zero-order chi connectivity index (χ0) is 11.1. The van der Waals surface area contributed by atoms with Crippen LogP contribution in [0.4, 0.5) is 9.18 Å². The number of nitrogens with one attached hydrogen (secondary N) is 2. The number of amides is 2. The van der Waals surface area contributed by atoms with Crippen LogP contribution in [0.3, 0.4) is 0 Å². The van der Waals surface area contributed by atoms with E-state index in [9.17, 15) is 9.18 Å². The molecule has 3 nitrogen and oxygen atoms in total. The Morgan fingerprint density at radius 3 is 2.53 bits per heavy atom. The van der Waals surface area contributed by atoms with Crippen molar-refractivity contribution in [3.05, 3.63) is 35.6 Å². The Kier molecular flexibility index (Phi) is 4.60. The average Bonchev–Trinajstić information content (AvgIpc) is 2.21. The SMILES string of the molecule is CCNC(=O)NCCc1ccc(F)cc1. The molecule has 15 heavy (non-hydrogen) atoms. The second-order valence-electron chi connectivity index (χ2n) is 3.16. The van der Waals surface area contributed by atoms with Crippen LogP contribution in [0.1, 0.15) is 12.5 Å². The van der Waals surface area contributed by atoms with E-state index in [-0.39, 0.29) is 11.8 Å². The highest BCUT2D eigenvalue weighted by atomic mass is 19.1. The van der Waals surface area contributed by atoms with Crippen molar-refractivity contribution in [3.63, 3.8) is 0 Å². The summed E-state index contributed by atoms with van der Waals surface area (Å²) in [6.45, 7) is 3.03. The summed E-state index contributed by atoms with van der Waals surface area (Å²) in [6.07, 6.45) is 0.706. The molecule has 0 fully saturated rings. The van der Waals surface area contributed by atoms with Gasteiger partial charge in [-0.05, 0) is 31.0 Å². The van der Waals surface area contributed by atoms with Gasteiger partial charge in [-0.2, -0.15) is 0 Å². The molecular weight excluding hydrogens is 195 g/mol. The van der Waals surface area contributed by atoms with Crippen molar-refractivity contribution in [1.82, 2.24) is 10.6 Å². The molecule has 0 aromatic heterocycles. The molecule has 82 valence electrons. The molecule has 0 aliphatic heterocycles. The number of hydrogen-bond donors (Lipinski definition) is 2. The number of hydrogen-bond acceptors (Lipinski definition) is 1. The highest BCUT2D eigenvalue weighted by Crippen LogP contribution is 2.02. The Hall–Kier alpha value is -1.58. The number of urea groups is 1. The van der Waals surface area contributed by atoms with Gasteiger partial charge in [-0.3, -0.25) is 0 Å². The number of carbonyl (C=O) groups excluding carboxylic acids is 1. The summed E-state index contributed by atoms with van der Waals surface area (Å²) >= 11 is 0. The van der Waals surface area contributed by atoms with Crippen molar-refractivity contribution in [2.24, 2.45) is 0 Å². The van der Waals surface area contributed by atoms with Crippen LogP contribution in [0, 0.1) is 5.82 Å². The van der Waals surface area contributed by atoms with Gasteiger partial charge in [0.15, 0.2) is 0 Å². The van der Waals surface area contributed by atoms with Crippen LogP contribution in [-0.2, 0) is 6.42 Å². The second kappa shape index (κ2) is 6.01. The van der Waals surface area contributed by atoms with Crippen molar-refractivity contribution in [2.45, 2.75) is 13.3 Å². The summed E-state index contributed by atoms with van der Waals surface area (Å²) < 4.78 is 12.6. The summed E-state index contributed by atoms with van der Waals surface area (Å²) in [5.74, 6) is -0.240. The van der Waals surface area contributed by atoms with Crippen molar-refractivity contribution in [3.8, 4) is 0 Å². The minimum atomic E-state index is -0.240. The van der Waals surface area contributed by atoms with Crippen molar-refractivity contribution < 1.29 is 9.18 Å². The molecule has 4 heteroatoms. The molecule has 1 rings (SSSR count). The van der Waals surface area contributed by atoms with Gasteiger partial charge in [0.25, 0.3) is 0 Å². The van der Waals surface area contributed by atoms with E-state index in [1.54, 1.807) is 12.1 Å². The molecule has 0 aliphatic carbocycles. The van der Waals surface area contributed by atoms with Crippen LogP contribution in [0.5, 0.6) is 0 Å². The minimum Gasteiger partial charge on any atom is -0.338 e. The highest BCUT2D eigenvalue weighted by molar-refractivity contribution is 5.73. The van der Waals surface area contributed by atoms with Gasteiger partial charge in [-0.1, -0.05) is 12.1 Å². The largest absolute Gasteiger partial charge is 0.338 e. The fourth-order valence-electron chi connectivity index (χ4n) is 1.19. The van der Waals surface area contributed by atoms with Crippen LogP contribution >= 0.6 is 0 Å². The Bertz CT molecular complexity index is 311. The summed E-state index contributed by atoms with van der Waals surface area (Å²) in [5, 5.41) is 5.33. The highest BCUT2D eigenvalue weighted by Gasteiger charge is 1.97. The predicted molar refractivity (Wildman–Crippen MR) is 57.2 cm³/mol. The molecule has 0 bridgehead atoms. The van der Waals surface area contributed by atoms with Crippen molar-refractivity contribution in [2.75, 3.05) is 13.1 Å². The van der Waals surface area contributed by atoms with Crippen LogP contribution in [0.15, 0.2) is 24.3 Å². The summed E-state index contributed by atoms with van der Waals surface area (Å²) in [5.41, 5.74) is 1.01. The summed E-state index contributed by atoms with van der Waals surface area (Å²) in [6, 6.07) is 6.10. The molecule has 0 saturated heterocycles. The molecule has 1 aromatic carbocycles. The molecule has 0 saturated carbocycles. The molecule has 0 spiro atoms. The van der Waals surface area contributed by atoms with Crippen LogP contribution in [-0.4, -0.2) is 19.1 Å². The molecule has 0 heterocycles. The fraction of sp³-hybridized carbons (Fsp3) is 0.364. The van der Waals surface area contributed by atoms with Gasteiger partial charge in [-0.15, -0.1) is 0 Å². The first-order valence-corrected chi connectivity index (χ1v) is 4.98. The van der Waals surface area contributed by atoms with E-state index in [0.717, 1.165) is 5.56 Å². The van der Waals surface area contributed by atoms with E-state index < -0.39 is 0 Å². The normalized spacial score (nSPS) is 9.73. The molecule has 2 N–H and O–H groups in total. The Balaban J connectivity index is 2.26. The number of carbonyl (C=O) groups is 1. The van der Waals surface area contributed by atoms with Gasteiger partial charge in [0.05, 0.1) is 0 Å². The Morgan fingerprint density at radius 2 is 1.93 bits per heavy atom. The van der Waals surface area contributed by atoms with Gasteiger partial charge in [0.2, 0.25) is 0 Å². The lowest BCUT2D eigenvalue weighted by Gasteiger charge is -2.05. The molecule has 0 aliphatic rings. The molecule has 2 amide bonds. The number of rotatable bonds is 4. The van der Waals surface area contributed by atoms with E-state index in [2.05, 4.69) is 10.6 Å². The lowest BCUT2D eigenvalue weighted by atomic mass is 10.1. The molecular formula is C11H15FN2O. The zero-order valence-corrected chi connectivity index (χ0v) is 8.72. The molecule has 0 unspecified atom stereocenters. The van der Waals surface area contributed by atoms with Crippen LogP contribution in [0.2, 0.25) is 0 Å². The van der Waals surface area contributed by atoms with E-state index in [4.69, 9.17) is 0 Å². The lowest BCUT2D eigenvalue weighted by Crippen LogP contribution is -2.36. The quantitative estimate of drug-likeness (QED) is 0.780. The van der Waals surface area contributed by atoms with E-state index >= 15 is 0 Å². The Labute approximate surface area is 88.7 Å². The average molecular weight is 210 g/mol. The van der Waals surface area contributed by atoms with Crippen molar-refractivity contribution >= 4 is 6.03 Å². The van der Waals surface area contributed by atoms with E-state index in [1.165, 1.54) is 12.1 Å². The lowest BCUT2D eigenvalue weighted by molar-refractivity contribution is 0.241. The number of benzene rings is 1. The maximum Gasteiger partial charge on any atom is 0.314 e. The second-order valence-corrected chi connectivity index (χ2v) is 3.16. The molecule has 1 aromatic rings. The fourth-order valence-corrected chi connectivity index (χ4v) is 1.19. The van der Waals surface area contributed by atoms with Gasteiger partial charge in [0, 0.05) is 13.1 Å². The third kappa shape index (κ3) is 4.44. The third-order valence-electron chi connectivity index (χ3n) is 1.95. The van der Waals surface area contributed by atoms with Crippen LogP contribution < -0.4 is 10.6 Å². The smallest absolute Gasteiger partial charge is 0.314 e. The summed E-state index contributed by atoms with van der Waals surface area (Å²) in [7, 11) is 0. The monoisotopic (exact) mass is 210 g/mol. The molecule has 0 radical (unpaired) electrons. The minimum absolute atomic E-state index is 0.167. The topological polar surface area (TPSA) is 41.1 Å². The predicted octanol–water partition coefficient (Wildman–Crippen LogP) is 1.69. The van der Waals surface area contributed by atoms with Gasteiger partial charge in [-0.25, -0.2) is 9.18 Å². The van der Waals surface area contributed by atoms with Gasteiger partial charge < -0.3 is 10.6 Å². The maximum absolute atomic E-state index is 12.6. The Morgan fingerprint density at radius 1 is 1.27 bits per heavy atom. The van der Waals surface area contributed by atoms with Crippen molar-refractivity contribution in [1.29, 1.82) is 0 Å². The van der Waals surface area contributed by atoms with Crippen LogP contribution in [0.25, 0.3) is 0 Å². The third-order valence-corrected chi connectivity index (χ3v) is 1.95. The van der Waals surface area contributed by atoms with E-state index in [1.807, 2.05) is 6.92 Å². The first kappa shape index (κ1) is 11.5.